The van der Waals surface area contributed by atoms with Crippen molar-refractivity contribution in [2.24, 2.45) is 4.99 Å². The highest BCUT2D eigenvalue weighted by Crippen LogP contribution is 2.42. The summed E-state index contributed by atoms with van der Waals surface area (Å²) < 4.78 is 0. The van der Waals surface area contributed by atoms with Crippen LogP contribution in [0, 0.1) is 6.92 Å². The Balaban J connectivity index is 0.00000300. The minimum absolute atomic E-state index is 0. The number of hydrogen-bond acceptors (Lipinski definition) is 3. The van der Waals surface area contributed by atoms with Crippen LogP contribution in [0.25, 0.3) is 0 Å². The zero-order valence-electron chi connectivity index (χ0n) is 17.9. The van der Waals surface area contributed by atoms with Crippen molar-refractivity contribution in [1.82, 2.24) is 20.9 Å². The standard InChI is InChI=1S/C22H35N5O.HI/c1-4-11-24-21(28)15-27-12-9-17(10-13-27)25-22(23-3)26-20-14-19(20)18-8-6-5-7-16(18)2;/h5-8,17,19-20H,4,9-15H2,1-3H3,(H,24,28)(H2,23,25,26);1H. The van der Waals surface area contributed by atoms with E-state index >= 15 is 0 Å². The van der Waals surface area contributed by atoms with Crippen molar-refractivity contribution >= 4 is 35.8 Å². The van der Waals surface area contributed by atoms with Crippen LogP contribution in [0.3, 0.4) is 0 Å². The van der Waals surface area contributed by atoms with Crippen LogP contribution < -0.4 is 16.0 Å². The van der Waals surface area contributed by atoms with Gasteiger partial charge in [-0.15, -0.1) is 24.0 Å². The van der Waals surface area contributed by atoms with Gasteiger partial charge in [-0.3, -0.25) is 14.7 Å². The van der Waals surface area contributed by atoms with Crippen molar-refractivity contribution in [2.45, 2.75) is 57.5 Å². The third-order valence-electron chi connectivity index (χ3n) is 5.79. The quantitative estimate of drug-likeness (QED) is 0.298. The first-order valence-corrected chi connectivity index (χ1v) is 10.6. The number of halogens is 1. The summed E-state index contributed by atoms with van der Waals surface area (Å²) in [5.41, 5.74) is 2.82. The highest BCUT2D eigenvalue weighted by Gasteiger charge is 2.39. The van der Waals surface area contributed by atoms with Crippen LogP contribution in [0.15, 0.2) is 29.3 Å². The molecular weight excluding hydrogens is 477 g/mol. The summed E-state index contributed by atoms with van der Waals surface area (Å²) in [5, 5.41) is 10.1. The summed E-state index contributed by atoms with van der Waals surface area (Å²) in [6.07, 6.45) is 4.22. The van der Waals surface area contributed by atoms with Crippen LogP contribution in [0.4, 0.5) is 0 Å². The Bertz CT molecular complexity index is 688. The maximum atomic E-state index is 11.9. The first-order valence-electron chi connectivity index (χ1n) is 10.6. The van der Waals surface area contributed by atoms with E-state index in [0.717, 1.165) is 51.3 Å². The van der Waals surface area contributed by atoms with Gasteiger partial charge in [-0.05, 0) is 43.7 Å². The van der Waals surface area contributed by atoms with E-state index in [1.54, 1.807) is 0 Å². The fourth-order valence-electron chi connectivity index (χ4n) is 4.00. The molecule has 1 saturated heterocycles. The molecule has 3 N–H and O–H groups in total. The zero-order chi connectivity index (χ0) is 19.9. The minimum atomic E-state index is 0. The summed E-state index contributed by atoms with van der Waals surface area (Å²) in [6, 6.07) is 9.54. The van der Waals surface area contributed by atoms with Crippen LogP contribution in [0.5, 0.6) is 0 Å². The molecule has 2 atom stereocenters. The highest BCUT2D eigenvalue weighted by molar-refractivity contribution is 14.0. The van der Waals surface area contributed by atoms with Crippen LogP contribution in [0.2, 0.25) is 0 Å². The summed E-state index contributed by atoms with van der Waals surface area (Å²) >= 11 is 0. The van der Waals surface area contributed by atoms with Crippen molar-refractivity contribution < 1.29 is 4.79 Å². The van der Waals surface area contributed by atoms with Gasteiger partial charge in [-0.2, -0.15) is 0 Å². The van der Waals surface area contributed by atoms with E-state index in [4.69, 9.17) is 0 Å². The lowest BCUT2D eigenvalue weighted by Gasteiger charge is -2.32. The topological polar surface area (TPSA) is 68.8 Å². The Labute approximate surface area is 192 Å². The Morgan fingerprint density at radius 2 is 1.93 bits per heavy atom. The number of benzene rings is 1. The molecule has 1 saturated carbocycles. The van der Waals surface area contributed by atoms with Crippen molar-refractivity contribution in [3.8, 4) is 0 Å². The molecule has 1 aromatic carbocycles. The molecule has 7 heteroatoms. The molecule has 2 aliphatic rings. The van der Waals surface area contributed by atoms with Crippen LogP contribution in [-0.4, -0.2) is 62.1 Å². The normalized spacial score (nSPS) is 22.5. The van der Waals surface area contributed by atoms with Crippen LogP contribution in [-0.2, 0) is 4.79 Å². The summed E-state index contributed by atoms with van der Waals surface area (Å²) in [5.74, 6) is 1.63. The molecule has 1 aliphatic carbocycles. The Hall–Kier alpha value is -1.35. The predicted molar refractivity (Wildman–Crippen MR) is 130 cm³/mol. The molecule has 2 unspecified atom stereocenters. The molecule has 1 heterocycles. The van der Waals surface area contributed by atoms with E-state index in [9.17, 15) is 4.79 Å². The fraction of sp³-hybridized carbons (Fsp3) is 0.636. The lowest BCUT2D eigenvalue weighted by Crippen LogP contribution is -2.50. The first-order chi connectivity index (χ1) is 13.6. The van der Waals surface area contributed by atoms with Gasteiger partial charge in [0.1, 0.15) is 0 Å². The van der Waals surface area contributed by atoms with Gasteiger partial charge in [0, 0.05) is 44.7 Å². The molecule has 0 radical (unpaired) electrons. The largest absolute Gasteiger partial charge is 0.355 e. The first kappa shape index (κ1) is 23.9. The van der Waals surface area contributed by atoms with Gasteiger partial charge >= 0.3 is 0 Å². The average molecular weight is 513 g/mol. The highest BCUT2D eigenvalue weighted by atomic mass is 127. The van der Waals surface area contributed by atoms with Gasteiger partial charge in [-0.25, -0.2) is 0 Å². The molecular formula is C22H36IN5O. The number of likely N-dealkylation sites (tertiary alicyclic amines) is 1. The van der Waals surface area contributed by atoms with Crippen LogP contribution in [0.1, 0.15) is 49.7 Å². The number of guanidine groups is 1. The van der Waals surface area contributed by atoms with Crippen molar-refractivity contribution in [3.05, 3.63) is 35.4 Å². The molecule has 0 spiro atoms. The van der Waals surface area contributed by atoms with Crippen molar-refractivity contribution in [3.63, 3.8) is 0 Å². The van der Waals surface area contributed by atoms with Gasteiger partial charge < -0.3 is 16.0 Å². The Kier molecular flexibility index (Phi) is 9.68. The van der Waals surface area contributed by atoms with E-state index < -0.39 is 0 Å². The van der Waals surface area contributed by atoms with Gasteiger partial charge in [0.2, 0.25) is 5.91 Å². The third kappa shape index (κ3) is 7.13. The van der Waals surface area contributed by atoms with Gasteiger partial charge in [0.05, 0.1) is 6.54 Å². The summed E-state index contributed by atoms with van der Waals surface area (Å²) in [6.45, 7) is 7.44. The second-order valence-corrected chi connectivity index (χ2v) is 8.07. The fourth-order valence-corrected chi connectivity index (χ4v) is 4.00. The number of aliphatic imine (C=N–C) groups is 1. The van der Waals surface area contributed by atoms with E-state index in [0.29, 0.717) is 24.5 Å². The molecule has 1 amide bonds. The molecule has 1 aromatic rings. The second kappa shape index (κ2) is 11.7. The maximum Gasteiger partial charge on any atom is 0.234 e. The third-order valence-corrected chi connectivity index (χ3v) is 5.79. The number of hydrogen-bond donors (Lipinski definition) is 3. The summed E-state index contributed by atoms with van der Waals surface area (Å²) in [4.78, 5) is 18.6. The van der Waals surface area contributed by atoms with Crippen molar-refractivity contribution in [1.29, 1.82) is 0 Å². The number of carbonyl (C=O) groups excluding carboxylic acids is 1. The Morgan fingerprint density at radius 3 is 2.59 bits per heavy atom. The van der Waals surface area contributed by atoms with E-state index in [1.807, 2.05) is 7.05 Å². The zero-order valence-corrected chi connectivity index (χ0v) is 20.2. The minimum Gasteiger partial charge on any atom is -0.355 e. The monoisotopic (exact) mass is 513 g/mol. The summed E-state index contributed by atoms with van der Waals surface area (Å²) in [7, 11) is 1.84. The number of amides is 1. The number of piperidine rings is 1. The maximum absolute atomic E-state index is 11.9. The van der Waals surface area contributed by atoms with Crippen molar-refractivity contribution in [2.75, 3.05) is 33.2 Å². The lowest BCUT2D eigenvalue weighted by atomic mass is 10.0. The SMILES string of the molecule is CCCNC(=O)CN1CCC(NC(=NC)NC2CC2c2ccccc2C)CC1.I. The molecule has 6 nitrogen and oxygen atoms in total. The molecule has 2 fully saturated rings. The number of nitrogens with one attached hydrogen (secondary N) is 3. The smallest absolute Gasteiger partial charge is 0.234 e. The van der Waals surface area contributed by atoms with Gasteiger partial charge in [0.25, 0.3) is 0 Å². The molecule has 0 aromatic heterocycles. The molecule has 0 bridgehead atoms. The molecule has 3 rings (SSSR count). The second-order valence-electron chi connectivity index (χ2n) is 8.07. The Morgan fingerprint density at radius 1 is 1.21 bits per heavy atom. The molecule has 29 heavy (non-hydrogen) atoms. The number of rotatable bonds is 7. The van der Waals surface area contributed by atoms with E-state index in [-0.39, 0.29) is 29.9 Å². The van der Waals surface area contributed by atoms with E-state index in [2.05, 4.69) is 64.0 Å². The molecule has 162 valence electrons. The number of carbonyl (C=O) groups is 1. The van der Waals surface area contributed by atoms with Gasteiger partial charge in [0.15, 0.2) is 5.96 Å². The predicted octanol–water partition coefficient (Wildman–Crippen LogP) is 2.62. The average Bonchev–Trinajstić information content (AvgIpc) is 3.46. The lowest BCUT2D eigenvalue weighted by molar-refractivity contribution is -0.122. The van der Waals surface area contributed by atoms with Gasteiger partial charge in [-0.1, -0.05) is 31.2 Å². The van der Waals surface area contributed by atoms with Crippen LogP contribution >= 0.6 is 24.0 Å². The number of nitrogens with zero attached hydrogens (tertiary/aromatic N) is 2. The molecule has 1 aliphatic heterocycles. The van der Waals surface area contributed by atoms with E-state index in [1.165, 1.54) is 11.1 Å². The number of aryl methyl sites for hydroxylation is 1.